The first-order valence-corrected chi connectivity index (χ1v) is 6.14. The SMILES string of the molecule is Cc1c(O)c(CC(C)C)nc2cc(Cl)ccc12. The van der Waals surface area contributed by atoms with Crippen LogP contribution < -0.4 is 0 Å². The van der Waals surface area contributed by atoms with Crippen molar-refractivity contribution in [1.29, 1.82) is 0 Å². The largest absolute Gasteiger partial charge is 0.506 e. The topological polar surface area (TPSA) is 33.1 Å². The van der Waals surface area contributed by atoms with Gasteiger partial charge in [0.15, 0.2) is 0 Å². The molecule has 1 heterocycles. The fraction of sp³-hybridized carbons (Fsp3) is 0.357. The van der Waals surface area contributed by atoms with Gasteiger partial charge in [0.25, 0.3) is 0 Å². The van der Waals surface area contributed by atoms with Crippen LogP contribution in [0.15, 0.2) is 18.2 Å². The molecule has 1 aromatic heterocycles. The maximum Gasteiger partial charge on any atom is 0.140 e. The van der Waals surface area contributed by atoms with Crippen LogP contribution in [-0.4, -0.2) is 10.1 Å². The Morgan fingerprint density at radius 2 is 2.06 bits per heavy atom. The second-order valence-corrected chi connectivity index (χ2v) is 5.23. The number of halogens is 1. The molecule has 0 amide bonds. The summed E-state index contributed by atoms with van der Waals surface area (Å²) in [5.41, 5.74) is 2.48. The van der Waals surface area contributed by atoms with Gasteiger partial charge < -0.3 is 5.11 Å². The average Bonchev–Trinajstić information content (AvgIpc) is 2.24. The van der Waals surface area contributed by atoms with E-state index in [1.165, 1.54) is 0 Å². The van der Waals surface area contributed by atoms with Crippen molar-refractivity contribution in [3.8, 4) is 5.75 Å². The lowest BCUT2D eigenvalue weighted by atomic mass is 10.0. The third-order valence-electron chi connectivity index (χ3n) is 2.85. The molecule has 2 rings (SSSR count). The van der Waals surface area contributed by atoms with Gasteiger partial charge in [0.2, 0.25) is 0 Å². The van der Waals surface area contributed by atoms with Gasteiger partial charge in [-0.15, -0.1) is 0 Å². The van der Waals surface area contributed by atoms with Gasteiger partial charge >= 0.3 is 0 Å². The van der Waals surface area contributed by atoms with Crippen molar-refractivity contribution in [2.45, 2.75) is 27.2 Å². The molecular weight excluding hydrogens is 234 g/mol. The number of benzene rings is 1. The summed E-state index contributed by atoms with van der Waals surface area (Å²) in [6, 6.07) is 5.56. The minimum absolute atomic E-state index is 0.313. The molecule has 90 valence electrons. The Morgan fingerprint density at radius 1 is 1.35 bits per heavy atom. The van der Waals surface area contributed by atoms with Crippen LogP contribution in [0.4, 0.5) is 0 Å². The number of hydrogen-bond acceptors (Lipinski definition) is 2. The summed E-state index contributed by atoms with van der Waals surface area (Å²) in [4.78, 5) is 4.50. The van der Waals surface area contributed by atoms with Crippen molar-refractivity contribution in [2.24, 2.45) is 5.92 Å². The molecule has 0 saturated carbocycles. The summed E-state index contributed by atoms with van der Waals surface area (Å²) in [6.07, 6.45) is 0.773. The Bertz CT molecular complexity index is 564. The summed E-state index contributed by atoms with van der Waals surface area (Å²) in [7, 11) is 0. The average molecular weight is 250 g/mol. The fourth-order valence-electron chi connectivity index (χ4n) is 1.99. The van der Waals surface area contributed by atoms with E-state index < -0.39 is 0 Å². The number of fused-ring (bicyclic) bond motifs is 1. The Labute approximate surface area is 106 Å². The van der Waals surface area contributed by atoms with E-state index in [0.29, 0.717) is 16.7 Å². The molecule has 17 heavy (non-hydrogen) atoms. The predicted molar refractivity (Wildman–Crippen MR) is 71.7 cm³/mol. The highest BCUT2D eigenvalue weighted by Gasteiger charge is 2.12. The zero-order valence-electron chi connectivity index (χ0n) is 10.3. The normalized spacial score (nSPS) is 11.4. The molecule has 0 radical (unpaired) electrons. The molecular formula is C14H16ClNO. The molecule has 1 aromatic carbocycles. The number of pyridine rings is 1. The summed E-state index contributed by atoms with van der Waals surface area (Å²) in [5.74, 6) is 0.776. The van der Waals surface area contributed by atoms with E-state index in [2.05, 4.69) is 18.8 Å². The molecule has 0 bridgehead atoms. The Balaban J connectivity index is 2.67. The van der Waals surface area contributed by atoms with Gasteiger partial charge in [-0.05, 0) is 31.4 Å². The summed E-state index contributed by atoms with van der Waals surface area (Å²) < 4.78 is 0. The second kappa shape index (κ2) is 4.53. The van der Waals surface area contributed by atoms with Crippen LogP contribution in [0.5, 0.6) is 5.75 Å². The summed E-state index contributed by atoms with van der Waals surface area (Å²) in [6.45, 7) is 6.13. The molecule has 0 aliphatic heterocycles. The molecule has 1 N–H and O–H groups in total. The summed E-state index contributed by atoms with van der Waals surface area (Å²) in [5, 5.41) is 11.7. The van der Waals surface area contributed by atoms with Crippen LogP contribution in [0.1, 0.15) is 25.1 Å². The molecule has 0 fully saturated rings. The lowest BCUT2D eigenvalue weighted by Crippen LogP contribution is -2.00. The first-order valence-electron chi connectivity index (χ1n) is 5.76. The van der Waals surface area contributed by atoms with Crippen molar-refractivity contribution in [3.63, 3.8) is 0 Å². The summed E-state index contributed by atoms with van der Waals surface area (Å²) >= 11 is 5.97. The van der Waals surface area contributed by atoms with Crippen LogP contribution in [0.25, 0.3) is 10.9 Å². The number of nitrogens with zero attached hydrogens (tertiary/aromatic N) is 1. The van der Waals surface area contributed by atoms with E-state index in [9.17, 15) is 5.11 Å². The van der Waals surface area contributed by atoms with Gasteiger partial charge in [-0.3, -0.25) is 0 Å². The molecule has 2 aromatic rings. The fourth-order valence-corrected chi connectivity index (χ4v) is 2.15. The standard InChI is InChI=1S/C14H16ClNO/c1-8(2)6-13-14(17)9(3)11-5-4-10(15)7-12(11)16-13/h4-5,7-8,17H,6H2,1-3H3. The van der Waals surface area contributed by atoms with Gasteiger partial charge in [-0.25, -0.2) is 4.98 Å². The van der Waals surface area contributed by atoms with Crippen molar-refractivity contribution in [2.75, 3.05) is 0 Å². The van der Waals surface area contributed by atoms with E-state index >= 15 is 0 Å². The molecule has 0 atom stereocenters. The van der Waals surface area contributed by atoms with Gasteiger partial charge in [0, 0.05) is 16.0 Å². The Hall–Kier alpha value is -1.28. The highest BCUT2D eigenvalue weighted by molar-refractivity contribution is 6.31. The Morgan fingerprint density at radius 3 is 2.71 bits per heavy atom. The molecule has 0 unspecified atom stereocenters. The molecule has 0 aliphatic rings. The second-order valence-electron chi connectivity index (χ2n) is 4.79. The van der Waals surface area contributed by atoms with Gasteiger partial charge in [-0.1, -0.05) is 31.5 Å². The van der Waals surface area contributed by atoms with Crippen molar-refractivity contribution >= 4 is 22.5 Å². The number of aryl methyl sites for hydroxylation is 1. The quantitative estimate of drug-likeness (QED) is 0.869. The predicted octanol–water partition coefficient (Wildman–Crippen LogP) is 4.10. The Kier molecular flexibility index (Phi) is 3.25. The van der Waals surface area contributed by atoms with Gasteiger partial charge in [0.1, 0.15) is 5.75 Å². The minimum atomic E-state index is 0.313. The highest BCUT2D eigenvalue weighted by Crippen LogP contribution is 2.30. The third-order valence-corrected chi connectivity index (χ3v) is 3.08. The number of aromatic hydroxyl groups is 1. The first kappa shape index (κ1) is 12.2. The van der Waals surface area contributed by atoms with Crippen LogP contribution in [0.2, 0.25) is 5.02 Å². The van der Waals surface area contributed by atoms with E-state index in [1.54, 1.807) is 0 Å². The van der Waals surface area contributed by atoms with E-state index in [1.807, 2.05) is 25.1 Å². The maximum absolute atomic E-state index is 10.1. The molecule has 0 aliphatic carbocycles. The lowest BCUT2D eigenvalue weighted by Gasteiger charge is -2.11. The highest BCUT2D eigenvalue weighted by atomic mass is 35.5. The van der Waals surface area contributed by atoms with Crippen molar-refractivity contribution in [3.05, 3.63) is 34.5 Å². The van der Waals surface area contributed by atoms with Crippen LogP contribution in [0.3, 0.4) is 0 Å². The zero-order chi connectivity index (χ0) is 12.6. The van der Waals surface area contributed by atoms with Gasteiger partial charge in [0.05, 0.1) is 11.2 Å². The van der Waals surface area contributed by atoms with Crippen molar-refractivity contribution < 1.29 is 5.11 Å². The monoisotopic (exact) mass is 249 g/mol. The zero-order valence-corrected chi connectivity index (χ0v) is 11.0. The van der Waals surface area contributed by atoms with E-state index in [0.717, 1.165) is 28.6 Å². The lowest BCUT2D eigenvalue weighted by molar-refractivity contribution is 0.455. The maximum atomic E-state index is 10.1. The van der Waals surface area contributed by atoms with E-state index in [-0.39, 0.29) is 0 Å². The third kappa shape index (κ3) is 2.37. The molecule has 3 heteroatoms. The number of aromatic nitrogens is 1. The minimum Gasteiger partial charge on any atom is -0.506 e. The smallest absolute Gasteiger partial charge is 0.140 e. The molecule has 2 nitrogen and oxygen atoms in total. The van der Waals surface area contributed by atoms with Crippen LogP contribution in [-0.2, 0) is 6.42 Å². The molecule has 0 saturated heterocycles. The number of rotatable bonds is 2. The first-order chi connectivity index (χ1) is 7.99. The van der Waals surface area contributed by atoms with Crippen LogP contribution in [0, 0.1) is 12.8 Å². The van der Waals surface area contributed by atoms with Gasteiger partial charge in [-0.2, -0.15) is 0 Å². The van der Waals surface area contributed by atoms with E-state index in [4.69, 9.17) is 11.6 Å². The van der Waals surface area contributed by atoms with Crippen molar-refractivity contribution in [1.82, 2.24) is 4.98 Å². The molecule has 0 spiro atoms. The van der Waals surface area contributed by atoms with Crippen LogP contribution >= 0.6 is 11.6 Å². The number of hydrogen-bond donors (Lipinski definition) is 1.